The molecule has 3 rings (SSSR count). The van der Waals surface area contributed by atoms with Gasteiger partial charge in [-0.05, 0) is 13.0 Å². The van der Waals surface area contributed by atoms with Crippen LogP contribution in [0.4, 0.5) is 0 Å². The van der Waals surface area contributed by atoms with Crippen LogP contribution in [0.15, 0.2) is 18.2 Å². The molecule has 2 heterocycles. The summed E-state index contributed by atoms with van der Waals surface area (Å²) in [6, 6.07) is 5.87. The van der Waals surface area contributed by atoms with E-state index in [0.29, 0.717) is 32.7 Å². The number of aliphatic hydroxyl groups excluding tert-OH is 1. The number of methoxy groups -OCH3 is 1. The number of carbonyl (C=O) groups excluding carboxylic acids is 1. The smallest absolute Gasteiger partial charge is 0.227 e. The SMILES string of the molecule is COc1ccc(C)cc1CC(=O)N1C[C@@H](O)[C@H](N2CCOCC2)C1. The van der Waals surface area contributed by atoms with Crippen molar-refractivity contribution in [3.63, 3.8) is 0 Å². The minimum absolute atomic E-state index is 0.0113. The Kier molecular flexibility index (Phi) is 5.38. The zero-order valence-corrected chi connectivity index (χ0v) is 14.4. The van der Waals surface area contributed by atoms with Crippen LogP contribution in [0, 0.1) is 6.92 Å². The van der Waals surface area contributed by atoms with E-state index in [1.54, 1.807) is 12.0 Å². The van der Waals surface area contributed by atoms with Gasteiger partial charge in [0, 0.05) is 31.7 Å². The molecule has 2 fully saturated rings. The van der Waals surface area contributed by atoms with Gasteiger partial charge >= 0.3 is 0 Å². The molecule has 0 aromatic heterocycles. The lowest BCUT2D eigenvalue weighted by molar-refractivity contribution is -0.129. The highest BCUT2D eigenvalue weighted by molar-refractivity contribution is 5.80. The number of hydrogen-bond acceptors (Lipinski definition) is 5. The van der Waals surface area contributed by atoms with Crippen molar-refractivity contribution in [3.05, 3.63) is 29.3 Å². The number of nitrogens with zero attached hydrogens (tertiary/aromatic N) is 2. The number of morpholine rings is 1. The van der Waals surface area contributed by atoms with Crippen LogP contribution in [-0.4, -0.2) is 79.5 Å². The number of rotatable bonds is 4. The van der Waals surface area contributed by atoms with Crippen LogP contribution >= 0.6 is 0 Å². The Labute approximate surface area is 143 Å². The average molecular weight is 334 g/mol. The van der Waals surface area contributed by atoms with Crippen molar-refractivity contribution >= 4 is 5.91 Å². The number of ether oxygens (including phenoxy) is 2. The monoisotopic (exact) mass is 334 g/mol. The summed E-state index contributed by atoms with van der Waals surface area (Å²) < 4.78 is 10.7. The molecule has 1 N–H and O–H groups in total. The van der Waals surface area contributed by atoms with E-state index in [4.69, 9.17) is 9.47 Å². The van der Waals surface area contributed by atoms with E-state index in [1.807, 2.05) is 25.1 Å². The quantitative estimate of drug-likeness (QED) is 0.866. The lowest BCUT2D eigenvalue weighted by Gasteiger charge is -2.33. The minimum atomic E-state index is -0.494. The summed E-state index contributed by atoms with van der Waals surface area (Å²) >= 11 is 0. The van der Waals surface area contributed by atoms with Gasteiger partial charge in [-0.15, -0.1) is 0 Å². The first-order chi connectivity index (χ1) is 11.6. The van der Waals surface area contributed by atoms with Crippen LogP contribution in [0.25, 0.3) is 0 Å². The van der Waals surface area contributed by atoms with Gasteiger partial charge in [0.15, 0.2) is 0 Å². The number of aliphatic hydroxyl groups is 1. The molecule has 2 aliphatic heterocycles. The predicted molar refractivity (Wildman–Crippen MR) is 90.2 cm³/mol. The first-order valence-electron chi connectivity index (χ1n) is 8.49. The van der Waals surface area contributed by atoms with Gasteiger partial charge < -0.3 is 19.5 Å². The molecular formula is C18H26N2O4. The molecule has 1 aromatic carbocycles. The number of benzene rings is 1. The molecule has 6 nitrogen and oxygen atoms in total. The summed E-state index contributed by atoms with van der Waals surface area (Å²) in [5.74, 6) is 0.770. The van der Waals surface area contributed by atoms with Crippen LogP contribution in [0.2, 0.25) is 0 Å². The number of hydrogen-bond donors (Lipinski definition) is 1. The molecule has 0 bridgehead atoms. The van der Waals surface area contributed by atoms with E-state index in [0.717, 1.165) is 30.0 Å². The van der Waals surface area contributed by atoms with Gasteiger partial charge in [-0.1, -0.05) is 17.7 Å². The number of likely N-dealkylation sites (tertiary alicyclic amines) is 1. The second kappa shape index (κ2) is 7.51. The summed E-state index contributed by atoms with van der Waals surface area (Å²) in [5.41, 5.74) is 2.00. The Hall–Kier alpha value is -1.63. The third-order valence-corrected chi connectivity index (χ3v) is 4.90. The van der Waals surface area contributed by atoms with Crippen molar-refractivity contribution in [1.82, 2.24) is 9.80 Å². The number of β-amino-alcohol motifs (C(OH)–C–C–N with tert-alkyl or cyclic N) is 1. The van der Waals surface area contributed by atoms with Gasteiger partial charge in [-0.25, -0.2) is 0 Å². The molecule has 0 saturated carbocycles. The van der Waals surface area contributed by atoms with Crippen molar-refractivity contribution < 1.29 is 19.4 Å². The normalized spacial score (nSPS) is 25.0. The Morgan fingerprint density at radius 2 is 2.08 bits per heavy atom. The Bertz CT molecular complexity index is 586. The summed E-state index contributed by atoms with van der Waals surface area (Å²) in [4.78, 5) is 16.7. The molecule has 2 aliphatic rings. The lowest BCUT2D eigenvalue weighted by Crippen LogP contribution is -2.49. The molecule has 0 unspecified atom stereocenters. The molecular weight excluding hydrogens is 308 g/mol. The van der Waals surface area contributed by atoms with Crippen molar-refractivity contribution in [1.29, 1.82) is 0 Å². The van der Waals surface area contributed by atoms with E-state index in [1.165, 1.54) is 0 Å². The average Bonchev–Trinajstić information content (AvgIpc) is 2.98. The minimum Gasteiger partial charge on any atom is -0.496 e. The zero-order valence-electron chi connectivity index (χ0n) is 14.4. The summed E-state index contributed by atoms with van der Waals surface area (Å²) in [6.07, 6.45) is -0.195. The van der Waals surface area contributed by atoms with Crippen LogP contribution in [-0.2, 0) is 16.0 Å². The van der Waals surface area contributed by atoms with Gasteiger partial charge in [0.1, 0.15) is 5.75 Å². The first-order valence-corrected chi connectivity index (χ1v) is 8.49. The van der Waals surface area contributed by atoms with E-state index in [-0.39, 0.29) is 11.9 Å². The first kappa shape index (κ1) is 17.2. The summed E-state index contributed by atoms with van der Waals surface area (Å²) in [5, 5.41) is 10.4. The predicted octanol–water partition coefficient (Wildman–Crippen LogP) is 0.450. The summed E-state index contributed by atoms with van der Waals surface area (Å²) in [7, 11) is 1.62. The molecule has 132 valence electrons. The van der Waals surface area contributed by atoms with Crippen molar-refractivity contribution in [2.24, 2.45) is 0 Å². The van der Waals surface area contributed by atoms with Crippen molar-refractivity contribution in [2.45, 2.75) is 25.5 Å². The second-order valence-corrected chi connectivity index (χ2v) is 6.57. The number of aryl methyl sites for hydroxylation is 1. The molecule has 0 spiro atoms. The number of amides is 1. The van der Waals surface area contributed by atoms with Crippen LogP contribution < -0.4 is 4.74 Å². The third-order valence-electron chi connectivity index (χ3n) is 4.90. The third kappa shape index (κ3) is 3.71. The summed E-state index contributed by atoms with van der Waals surface area (Å²) in [6.45, 7) is 5.99. The second-order valence-electron chi connectivity index (χ2n) is 6.57. The van der Waals surface area contributed by atoms with Gasteiger partial charge in [-0.3, -0.25) is 9.69 Å². The largest absolute Gasteiger partial charge is 0.496 e. The lowest BCUT2D eigenvalue weighted by atomic mass is 10.1. The highest BCUT2D eigenvalue weighted by atomic mass is 16.5. The Morgan fingerprint density at radius 1 is 1.33 bits per heavy atom. The highest BCUT2D eigenvalue weighted by Crippen LogP contribution is 2.23. The van der Waals surface area contributed by atoms with Crippen LogP contribution in [0.5, 0.6) is 5.75 Å². The Morgan fingerprint density at radius 3 is 2.79 bits per heavy atom. The van der Waals surface area contributed by atoms with Crippen molar-refractivity contribution in [2.75, 3.05) is 46.5 Å². The van der Waals surface area contributed by atoms with Crippen LogP contribution in [0.1, 0.15) is 11.1 Å². The van der Waals surface area contributed by atoms with E-state index >= 15 is 0 Å². The van der Waals surface area contributed by atoms with Crippen molar-refractivity contribution in [3.8, 4) is 5.75 Å². The molecule has 1 aromatic rings. The molecule has 24 heavy (non-hydrogen) atoms. The number of carbonyl (C=O) groups is 1. The molecule has 2 saturated heterocycles. The fraction of sp³-hybridized carbons (Fsp3) is 0.611. The maximum absolute atomic E-state index is 12.7. The van der Waals surface area contributed by atoms with Gasteiger partial charge in [0.2, 0.25) is 5.91 Å². The molecule has 6 heteroatoms. The topological polar surface area (TPSA) is 62.2 Å². The fourth-order valence-electron chi connectivity index (χ4n) is 3.56. The van der Waals surface area contributed by atoms with E-state index in [2.05, 4.69) is 4.90 Å². The van der Waals surface area contributed by atoms with Gasteiger partial charge in [0.25, 0.3) is 0 Å². The Balaban J connectivity index is 1.64. The van der Waals surface area contributed by atoms with Gasteiger partial charge in [-0.2, -0.15) is 0 Å². The van der Waals surface area contributed by atoms with E-state index in [9.17, 15) is 9.90 Å². The van der Waals surface area contributed by atoms with E-state index < -0.39 is 6.10 Å². The van der Waals surface area contributed by atoms with Crippen LogP contribution in [0.3, 0.4) is 0 Å². The molecule has 1 amide bonds. The molecule has 0 radical (unpaired) electrons. The van der Waals surface area contributed by atoms with Gasteiger partial charge in [0.05, 0.1) is 38.9 Å². The zero-order chi connectivity index (χ0) is 17.1. The molecule has 2 atom stereocenters. The maximum atomic E-state index is 12.7. The fourth-order valence-corrected chi connectivity index (χ4v) is 3.56. The standard InChI is InChI=1S/C18H26N2O4/c1-13-3-4-17(23-2)14(9-13)10-18(22)20-11-15(16(21)12-20)19-5-7-24-8-6-19/h3-4,9,15-16,21H,5-8,10-12H2,1-2H3/t15-,16-/m1/s1. The highest BCUT2D eigenvalue weighted by Gasteiger charge is 2.38. The maximum Gasteiger partial charge on any atom is 0.227 e. The molecule has 0 aliphatic carbocycles.